The van der Waals surface area contributed by atoms with Crippen LogP contribution in [0.2, 0.25) is 0 Å². The fourth-order valence-corrected chi connectivity index (χ4v) is 2.34. The van der Waals surface area contributed by atoms with E-state index in [4.69, 9.17) is 9.84 Å². The molecular weight excluding hydrogens is 320 g/mol. The van der Waals surface area contributed by atoms with Gasteiger partial charge in [-0.3, -0.25) is 4.79 Å². The minimum atomic E-state index is -1.22. The smallest absolute Gasteiger partial charge is 0.410 e. The Morgan fingerprint density at radius 3 is 2.13 bits per heavy atom. The third-order valence-electron chi connectivity index (χ3n) is 3.27. The molecule has 0 aromatic carbocycles. The second-order valence-electron chi connectivity index (χ2n) is 6.49. The van der Waals surface area contributed by atoms with Crippen molar-refractivity contribution in [3.63, 3.8) is 0 Å². The maximum atomic E-state index is 11.7. The molecule has 0 bridgehead atoms. The van der Waals surface area contributed by atoms with Crippen molar-refractivity contribution in [2.24, 2.45) is 5.92 Å². The molecule has 136 valence electrons. The van der Waals surface area contributed by atoms with Crippen molar-refractivity contribution in [2.45, 2.75) is 52.6 Å². The number of piperidine rings is 1. The molecule has 1 fully saturated rings. The average molecular weight is 350 g/mol. The van der Waals surface area contributed by atoms with Crippen molar-refractivity contribution >= 4 is 23.0 Å². The fraction of sp³-hybridized carbons (Fsp3) is 0.867. The molecule has 0 spiro atoms. The zero-order valence-electron chi connectivity index (χ0n) is 14.8. The van der Waals surface area contributed by atoms with Gasteiger partial charge in [0.1, 0.15) is 12.1 Å². The first-order chi connectivity index (χ1) is 10.5. The molecule has 0 saturated carbocycles. The Labute approximate surface area is 141 Å². The lowest BCUT2D eigenvalue weighted by Gasteiger charge is -2.33. The maximum Gasteiger partial charge on any atom is 0.410 e. The number of hydrogen-bond acceptors (Lipinski definition) is 4. The van der Waals surface area contributed by atoms with E-state index in [0.29, 0.717) is 0 Å². The lowest BCUT2D eigenvalue weighted by molar-refractivity contribution is -0.135. The standard InChI is InChI=1S/C12H23NO2.C3H7NO3S/c1-5-10-6-8-13(9-7-10)11(14)15-12(2,3)4;1-8(7)4-2-3(5)6/h10H,5-9H2,1-4H3;4H,2H2,1H3,(H,5,6). The molecule has 1 saturated heterocycles. The first-order valence-electron chi connectivity index (χ1n) is 7.81. The van der Waals surface area contributed by atoms with Crippen molar-refractivity contribution in [1.82, 2.24) is 9.62 Å². The van der Waals surface area contributed by atoms with E-state index in [-0.39, 0.29) is 18.2 Å². The van der Waals surface area contributed by atoms with Crippen molar-refractivity contribution in [1.29, 1.82) is 0 Å². The Balaban J connectivity index is 0.000000515. The molecule has 1 unspecified atom stereocenters. The summed E-state index contributed by atoms with van der Waals surface area (Å²) in [5.74, 6) is -0.205. The number of nitrogens with one attached hydrogen (secondary N) is 1. The number of amides is 1. The Kier molecular flexibility index (Phi) is 10.1. The number of carboxylic acid groups (broad SMARTS) is 1. The highest BCUT2D eigenvalue weighted by Gasteiger charge is 2.25. The molecule has 0 radical (unpaired) electrons. The molecule has 1 aliphatic rings. The minimum absolute atomic E-state index is 0.156. The highest BCUT2D eigenvalue weighted by molar-refractivity contribution is 7.82. The van der Waals surface area contributed by atoms with Gasteiger partial charge in [0, 0.05) is 19.3 Å². The van der Waals surface area contributed by atoms with Gasteiger partial charge < -0.3 is 14.7 Å². The van der Waals surface area contributed by atoms with Gasteiger partial charge in [-0.1, -0.05) is 13.3 Å². The Morgan fingerprint density at radius 1 is 1.30 bits per heavy atom. The van der Waals surface area contributed by atoms with Crippen LogP contribution in [0.5, 0.6) is 0 Å². The van der Waals surface area contributed by atoms with Crippen molar-refractivity contribution < 1.29 is 23.6 Å². The summed E-state index contributed by atoms with van der Waals surface area (Å²) >= 11 is 0. The maximum absolute atomic E-state index is 11.7. The second-order valence-corrected chi connectivity index (χ2v) is 7.68. The van der Waals surface area contributed by atoms with Crippen LogP contribution < -0.4 is 4.72 Å². The van der Waals surface area contributed by atoms with E-state index in [0.717, 1.165) is 31.8 Å². The number of aliphatic carboxylic acids is 1. The van der Waals surface area contributed by atoms with Crippen molar-refractivity contribution in [3.05, 3.63) is 0 Å². The SMILES string of the molecule is CCC1CCN(C(=O)OC(C)(C)C)CC1.CS(=O)NCC(=O)O. The summed E-state index contributed by atoms with van der Waals surface area (Å²) in [6.07, 6.45) is 4.69. The summed E-state index contributed by atoms with van der Waals surface area (Å²) in [4.78, 5) is 23.2. The molecule has 0 aliphatic carbocycles. The van der Waals surface area contributed by atoms with Crippen LogP contribution in [0.25, 0.3) is 0 Å². The first-order valence-corrected chi connectivity index (χ1v) is 9.37. The fourth-order valence-electron chi connectivity index (χ4n) is 2.01. The van der Waals surface area contributed by atoms with E-state index in [9.17, 15) is 13.8 Å². The highest BCUT2D eigenvalue weighted by atomic mass is 32.2. The van der Waals surface area contributed by atoms with Crippen LogP contribution in [0.15, 0.2) is 0 Å². The lowest BCUT2D eigenvalue weighted by atomic mass is 9.95. The second kappa shape index (κ2) is 10.6. The third-order valence-corrected chi connectivity index (χ3v) is 3.82. The predicted molar refractivity (Wildman–Crippen MR) is 90.5 cm³/mol. The summed E-state index contributed by atoms with van der Waals surface area (Å²) < 4.78 is 17.6. The molecule has 23 heavy (non-hydrogen) atoms. The van der Waals surface area contributed by atoms with E-state index in [1.807, 2.05) is 25.7 Å². The zero-order chi connectivity index (χ0) is 18.0. The summed E-state index contributed by atoms with van der Waals surface area (Å²) in [7, 11) is -1.22. The number of carboxylic acids is 1. The normalized spacial score (nSPS) is 17.0. The monoisotopic (exact) mass is 350 g/mol. The number of hydrogen-bond donors (Lipinski definition) is 2. The van der Waals surface area contributed by atoms with Gasteiger partial charge in [-0.25, -0.2) is 13.7 Å². The number of rotatable bonds is 4. The summed E-state index contributed by atoms with van der Waals surface area (Å²) in [5.41, 5.74) is -0.376. The van der Waals surface area contributed by atoms with Gasteiger partial charge in [0.25, 0.3) is 0 Å². The molecule has 7 nitrogen and oxygen atoms in total. The van der Waals surface area contributed by atoms with Crippen LogP contribution in [0.3, 0.4) is 0 Å². The van der Waals surface area contributed by atoms with E-state index in [2.05, 4.69) is 11.6 Å². The summed E-state index contributed by atoms with van der Waals surface area (Å²) in [6, 6.07) is 0. The van der Waals surface area contributed by atoms with Gasteiger partial charge in [-0.15, -0.1) is 0 Å². The first kappa shape index (κ1) is 21.9. The van der Waals surface area contributed by atoms with Crippen LogP contribution in [-0.4, -0.2) is 57.8 Å². The van der Waals surface area contributed by atoms with Gasteiger partial charge in [0.05, 0.1) is 11.0 Å². The molecule has 8 heteroatoms. The molecule has 1 aliphatic heterocycles. The highest BCUT2D eigenvalue weighted by Crippen LogP contribution is 2.21. The third kappa shape index (κ3) is 12.0. The molecule has 2 N–H and O–H groups in total. The van der Waals surface area contributed by atoms with Crippen LogP contribution in [0.1, 0.15) is 47.0 Å². The number of ether oxygens (including phenoxy) is 1. The number of carbonyl (C=O) groups excluding carboxylic acids is 1. The molecule has 0 aromatic heterocycles. The lowest BCUT2D eigenvalue weighted by Crippen LogP contribution is -2.41. The van der Waals surface area contributed by atoms with E-state index in [1.54, 1.807) is 0 Å². The van der Waals surface area contributed by atoms with Crippen LogP contribution in [0.4, 0.5) is 4.79 Å². The van der Waals surface area contributed by atoms with E-state index < -0.39 is 17.0 Å². The van der Waals surface area contributed by atoms with Crippen LogP contribution in [-0.2, 0) is 20.5 Å². The molecular formula is C15H30N2O5S. The average Bonchev–Trinajstić information content (AvgIpc) is 2.44. The molecule has 0 aromatic rings. The quantitative estimate of drug-likeness (QED) is 0.808. The van der Waals surface area contributed by atoms with E-state index >= 15 is 0 Å². The van der Waals surface area contributed by atoms with Crippen LogP contribution >= 0.6 is 0 Å². The number of carbonyl (C=O) groups is 2. The molecule has 1 amide bonds. The predicted octanol–water partition coefficient (Wildman–Crippen LogP) is 2.00. The summed E-state index contributed by atoms with van der Waals surface area (Å²) in [5, 5.41) is 7.97. The van der Waals surface area contributed by atoms with Crippen molar-refractivity contribution in [3.8, 4) is 0 Å². The van der Waals surface area contributed by atoms with Gasteiger partial charge in [-0.05, 0) is 39.5 Å². The van der Waals surface area contributed by atoms with Crippen molar-refractivity contribution in [2.75, 3.05) is 25.9 Å². The number of likely N-dealkylation sites (tertiary alicyclic amines) is 1. The van der Waals surface area contributed by atoms with Gasteiger partial charge in [0.2, 0.25) is 0 Å². The number of nitrogens with zero attached hydrogens (tertiary/aromatic N) is 1. The Bertz CT molecular complexity index is 387. The molecule has 1 rings (SSSR count). The largest absolute Gasteiger partial charge is 0.480 e. The summed E-state index contributed by atoms with van der Waals surface area (Å²) in [6.45, 7) is 9.40. The molecule has 1 atom stereocenters. The zero-order valence-corrected chi connectivity index (χ0v) is 15.6. The topological polar surface area (TPSA) is 95.9 Å². The van der Waals surface area contributed by atoms with Crippen LogP contribution in [0, 0.1) is 5.92 Å². The van der Waals surface area contributed by atoms with Gasteiger partial charge >= 0.3 is 12.1 Å². The Hall–Kier alpha value is -1.15. The minimum Gasteiger partial charge on any atom is -0.480 e. The Morgan fingerprint density at radius 2 is 1.83 bits per heavy atom. The van der Waals surface area contributed by atoms with Gasteiger partial charge in [-0.2, -0.15) is 0 Å². The van der Waals surface area contributed by atoms with Gasteiger partial charge in [0.15, 0.2) is 0 Å². The molecule has 1 heterocycles. The van der Waals surface area contributed by atoms with E-state index in [1.165, 1.54) is 12.7 Å².